The van der Waals surface area contributed by atoms with Gasteiger partial charge in [-0.1, -0.05) is 0 Å². The Kier molecular flexibility index (Phi) is 12.4. The molecule has 0 radical (unpaired) electrons. The molecule has 27 heavy (non-hydrogen) atoms. The standard InChI is InChI=1S/C14H24F6O7/c15-12(16,5-22)6-26-9-14(19,20)10-27-8-13(17,18)7-25-4-11(23)3-24-2-1-21/h11,21-23H,1-10H2. The van der Waals surface area contributed by atoms with Crippen molar-refractivity contribution in [1.29, 1.82) is 0 Å². The number of aliphatic hydroxyl groups excluding tert-OH is 3. The predicted octanol–water partition coefficient (Wildman–Crippen LogP) is 0.304. The highest BCUT2D eigenvalue weighted by Gasteiger charge is 2.36. The topological polar surface area (TPSA) is 97.6 Å². The van der Waals surface area contributed by atoms with E-state index >= 15 is 0 Å². The van der Waals surface area contributed by atoms with Gasteiger partial charge in [-0.2, -0.15) is 0 Å². The zero-order chi connectivity index (χ0) is 21.0. The number of hydrogen-bond acceptors (Lipinski definition) is 7. The summed E-state index contributed by atoms with van der Waals surface area (Å²) in [5.41, 5.74) is 0. The molecule has 0 aliphatic carbocycles. The van der Waals surface area contributed by atoms with Crippen molar-refractivity contribution in [3.05, 3.63) is 0 Å². The van der Waals surface area contributed by atoms with Gasteiger partial charge in [0.05, 0.1) is 26.4 Å². The van der Waals surface area contributed by atoms with Crippen LogP contribution in [-0.4, -0.2) is 105 Å². The molecular weight excluding hydrogens is 394 g/mol. The third-order valence-electron chi connectivity index (χ3n) is 2.65. The van der Waals surface area contributed by atoms with E-state index in [2.05, 4.69) is 14.2 Å². The molecule has 164 valence electrons. The number of aliphatic hydroxyl groups is 3. The Bertz CT molecular complexity index is 387. The van der Waals surface area contributed by atoms with Crippen LogP contribution in [0.25, 0.3) is 0 Å². The molecule has 0 amide bonds. The molecule has 0 aliphatic rings. The van der Waals surface area contributed by atoms with Gasteiger partial charge in [0.15, 0.2) is 0 Å². The minimum atomic E-state index is -3.79. The Hall–Kier alpha value is -0.700. The highest BCUT2D eigenvalue weighted by atomic mass is 19.3. The third-order valence-corrected chi connectivity index (χ3v) is 2.65. The van der Waals surface area contributed by atoms with Gasteiger partial charge in [-0.15, -0.1) is 0 Å². The number of ether oxygens (including phenoxy) is 4. The lowest BCUT2D eigenvalue weighted by molar-refractivity contribution is -0.181. The molecule has 1 unspecified atom stereocenters. The summed E-state index contributed by atoms with van der Waals surface area (Å²) in [5.74, 6) is -11.1. The van der Waals surface area contributed by atoms with E-state index in [1.165, 1.54) is 0 Å². The van der Waals surface area contributed by atoms with E-state index in [1.807, 2.05) is 0 Å². The fourth-order valence-electron chi connectivity index (χ4n) is 1.50. The highest BCUT2D eigenvalue weighted by molar-refractivity contribution is 4.70. The van der Waals surface area contributed by atoms with Crippen molar-refractivity contribution in [1.82, 2.24) is 0 Å². The van der Waals surface area contributed by atoms with Gasteiger partial charge in [0.1, 0.15) is 45.7 Å². The van der Waals surface area contributed by atoms with Crippen LogP contribution in [0.15, 0.2) is 0 Å². The summed E-state index contributed by atoms with van der Waals surface area (Å²) >= 11 is 0. The molecule has 0 saturated heterocycles. The zero-order valence-electron chi connectivity index (χ0n) is 14.4. The second kappa shape index (κ2) is 12.7. The third kappa shape index (κ3) is 15.0. The van der Waals surface area contributed by atoms with Crippen LogP contribution in [0.3, 0.4) is 0 Å². The van der Waals surface area contributed by atoms with Crippen molar-refractivity contribution in [3.8, 4) is 0 Å². The molecule has 0 aromatic heterocycles. The van der Waals surface area contributed by atoms with Gasteiger partial charge in [-0.05, 0) is 0 Å². The van der Waals surface area contributed by atoms with Gasteiger partial charge in [0.2, 0.25) is 0 Å². The van der Waals surface area contributed by atoms with Crippen molar-refractivity contribution in [2.45, 2.75) is 23.9 Å². The lowest BCUT2D eigenvalue weighted by Gasteiger charge is -2.21. The summed E-state index contributed by atoms with van der Waals surface area (Å²) in [5, 5.41) is 26.0. The summed E-state index contributed by atoms with van der Waals surface area (Å²) in [6.45, 7) is -9.73. The first kappa shape index (κ1) is 26.3. The molecule has 0 spiro atoms. The van der Waals surface area contributed by atoms with E-state index in [1.54, 1.807) is 0 Å². The quantitative estimate of drug-likeness (QED) is 0.231. The van der Waals surface area contributed by atoms with Crippen molar-refractivity contribution in [2.24, 2.45) is 0 Å². The lowest BCUT2D eigenvalue weighted by Crippen LogP contribution is -2.37. The second-order valence-electron chi connectivity index (χ2n) is 5.68. The largest absolute Gasteiger partial charge is 0.394 e. The lowest BCUT2D eigenvalue weighted by atomic mass is 10.3. The van der Waals surface area contributed by atoms with E-state index in [4.69, 9.17) is 14.9 Å². The van der Waals surface area contributed by atoms with Gasteiger partial charge >= 0.3 is 0 Å². The van der Waals surface area contributed by atoms with Gasteiger partial charge in [0, 0.05) is 0 Å². The molecule has 1 atom stereocenters. The predicted molar refractivity (Wildman–Crippen MR) is 78.3 cm³/mol. The Balaban J connectivity index is 3.97. The molecule has 0 aliphatic heterocycles. The van der Waals surface area contributed by atoms with E-state index in [0.29, 0.717) is 0 Å². The van der Waals surface area contributed by atoms with Gasteiger partial charge in [-0.3, -0.25) is 0 Å². The van der Waals surface area contributed by atoms with Crippen molar-refractivity contribution in [2.75, 3.05) is 66.1 Å². The molecule has 0 aromatic rings. The maximum Gasteiger partial charge on any atom is 0.293 e. The minimum absolute atomic E-state index is 0.0450. The first-order chi connectivity index (χ1) is 12.4. The number of hydrogen-bond donors (Lipinski definition) is 3. The summed E-state index contributed by atoms with van der Waals surface area (Å²) in [6.07, 6.45) is -1.22. The van der Waals surface area contributed by atoms with Crippen molar-refractivity contribution >= 4 is 0 Å². The highest BCUT2D eigenvalue weighted by Crippen LogP contribution is 2.20. The Morgan fingerprint density at radius 2 is 1.04 bits per heavy atom. The average Bonchev–Trinajstić information content (AvgIpc) is 2.54. The number of halogens is 6. The SMILES string of the molecule is OCCOCC(O)COCC(F)(F)COCC(F)(F)COCC(F)(F)CO. The molecule has 0 saturated carbocycles. The molecule has 0 bridgehead atoms. The molecule has 0 heterocycles. The molecule has 13 heteroatoms. The van der Waals surface area contributed by atoms with Crippen LogP contribution in [0, 0.1) is 0 Å². The maximum absolute atomic E-state index is 13.4. The molecule has 0 aromatic carbocycles. The molecule has 0 rings (SSSR count). The average molecular weight is 418 g/mol. The smallest absolute Gasteiger partial charge is 0.293 e. The molecular formula is C14H24F6O7. The Morgan fingerprint density at radius 3 is 1.48 bits per heavy atom. The second-order valence-corrected chi connectivity index (χ2v) is 5.68. The zero-order valence-corrected chi connectivity index (χ0v) is 14.4. The van der Waals surface area contributed by atoms with Crippen LogP contribution in [0.4, 0.5) is 26.3 Å². The van der Waals surface area contributed by atoms with Crippen molar-refractivity contribution < 1.29 is 60.6 Å². The minimum Gasteiger partial charge on any atom is -0.394 e. The number of alkyl halides is 6. The number of rotatable bonds is 17. The van der Waals surface area contributed by atoms with Gasteiger partial charge < -0.3 is 34.3 Å². The van der Waals surface area contributed by atoms with Crippen LogP contribution in [0.5, 0.6) is 0 Å². The van der Waals surface area contributed by atoms with E-state index < -0.39 is 70.1 Å². The van der Waals surface area contributed by atoms with Crippen LogP contribution < -0.4 is 0 Å². The van der Waals surface area contributed by atoms with Crippen LogP contribution in [0.2, 0.25) is 0 Å². The first-order valence-corrected chi connectivity index (χ1v) is 7.77. The molecule has 3 N–H and O–H groups in total. The monoisotopic (exact) mass is 418 g/mol. The normalized spacial score (nSPS) is 14.6. The summed E-state index contributed by atoms with van der Waals surface area (Å²) < 4.78 is 96.1. The first-order valence-electron chi connectivity index (χ1n) is 7.77. The van der Waals surface area contributed by atoms with Crippen LogP contribution in [-0.2, 0) is 18.9 Å². The van der Waals surface area contributed by atoms with E-state index in [9.17, 15) is 31.4 Å². The van der Waals surface area contributed by atoms with Gasteiger partial charge in [0.25, 0.3) is 17.8 Å². The van der Waals surface area contributed by atoms with Crippen molar-refractivity contribution in [3.63, 3.8) is 0 Å². The maximum atomic E-state index is 13.4. The summed E-state index contributed by atoms with van der Waals surface area (Å²) in [4.78, 5) is 0. The summed E-state index contributed by atoms with van der Waals surface area (Å²) in [7, 11) is 0. The Labute approximate surface area is 151 Å². The van der Waals surface area contributed by atoms with Crippen LogP contribution in [0.1, 0.15) is 0 Å². The van der Waals surface area contributed by atoms with E-state index in [-0.39, 0.29) is 19.8 Å². The van der Waals surface area contributed by atoms with E-state index in [0.717, 1.165) is 0 Å². The summed E-state index contributed by atoms with van der Waals surface area (Å²) in [6, 6.07) is 0. The van der Waals surface area contributed by atoms with Gasteiger partial charge in [-0.25, -0.2) is 26.3 Å². The fourth-order valence-corrected chi connectivity index (χ4v) is 1.50. The fraction of sp³-hybridized carbons (Fsp3) is 1.00. The molecule has 0 fully saturated rings. The Morgan fingerprint density at radius 1 is 0.630 bits per heavy atom. The van der Waals surface area contributed by atoms with Crippen LogP contribution >= 0.6 is 0 Å². The molecule has 7 nitrogen and oxygen atoms in total.